The lowest BCUT2D eigenvalue weighted by atomic mass is 10.1. The molecule has 1 saturated heterocycles. The van der Waals surface area contributed by atoms with Crippen LogP contribution in [0, 0.1) is 5.92 Å². The first-order chi connectivity index (χ1) is 7.80. The Bertz CT molecular complexity index is 306. The van der Waals surface area contributed by atoms with Crippen molar-refractivity contribution in [3.8, 4) is 0 Å². The topological polar surface area (TPSA) is 75.4 Å². The summed E-state index contributed by atoms with van der Waals surface area (Å²) >= 11 is 0. The molecule has 0 aromatic carbocycles. The monoisotopic (exact) mass is 253 g/mol. The standard InChI is InChI=1S/C9H14F3N3O2/c10-9(11,12)8(17)15-2-1-6(5-15)3-14-4-7(13)16/h6,14H,1-5H2,(H2,13,16). The number of hydrogen-bond donors (Lipinski definition) is 2. The van der Waals surface area contributed by atoms with Crippen LogP contribution in [0.4, 0.5) is 13.2 Å². The van der Waals surface area contributed by atoms with E-state index in [-0.39, 0.29) is 25.6 Å². The van der Waals surface area contributed by atoms with Crippen molar-refractivity contribution >= 4 is 11.8 Å². The van der Waals surface area contributed by atoms with Crippen LogP contribution in [-0.4, -0.2) is 49.1 Å². The summed E-state index contributed by atoms with van der Waals surface area (Å²) in [5.74, 6) is -2.39. The van der Waals surface area contributed by atoms with Gasteiger partial charge < -0.3 is 16.0 Å². The molecule has 0 radical (unpaired) electrons. The van der Waals surface area contributed by atoms with Crippen LogP contribution in [0.3, 0.4) is 0 Å². The number of nitrogens with two attached hydrogens (primary N) is 1. The van der Waals surface area contributed by atoms with Gasteiger partial charge in [-0.3, -0.25) is 9.59 Å². The molecule has 17 heavy (non-hydrogen) atoms. The number of amides is 2. The summed E-state index contributed by atoms with van der Waals surface area (Å²) in [7, 11) is 0. The molecular weight excluding hydrogens is 239 g/mol. The Labute approximate surface area is 96.1 Å². The predicted molar refractivity (Wildman–Crippen MR) is 52.8 cm³/mol. The zero-order valence-corrected chi connectivity index (χ0v) is 9.09. The van der Waals surface area contributed by atoms with E-state index in [1.54, 1.807) is 0 Å². The molecule has 1 aliphatic heterocycles. The third-order valence-electron chi connectivity index (χ3n) is 2.55. The predicted octanol–water partition coefficient (Wildman–Crippen LogP) is -0.528. The highest BCUT2D eigenvalue weighted by atomic mass is 19.4. The Balaban J connectivity index is 2.32. The lowest BCUT2D eigenvalue weighted by Crippen LogP contribution is -2.40. The van der Waals surface area contributed by atoms with E-state index in [4.69, 9.17) is 5.73 Å². The molecule has 5 nitrogen and oxygen atoms in total. The number of halogens is 3. The lowest BCUT2D eigenvalue weighted by molar-refractivity contribution is -0.184. The summed E-state index contributed by atoms with van der Waals surface area (Å²) in [5.41, 5.74) is 4.90. The zero-order valence-electron chi connectivity index (χ0n) is 9.09. The fourth-order valence-electron chi connectivity index (χ4n) is 1.76. The third-order valence-corrected chi connectivity index (χ3v) is 2.55. The van der Waals surface area contributed by atoms with Crippen molar-refractivity contribution in [1.29, 1.82) is 0 Å². The minimum atomic E-state index is -4.81. The second-order valence-corrected chi connectivity index (χ2v) is 4.00. The Kier molecular flexibility index (Phi) is 4.33. The van der Waals surface area contributed by atoms with Gasteiger partial charge in [-0.05, 0) is 12.3 Å². The first-order valence-electron chi connectivity index (χ1n) is 5.16. The first kappa shape index (κ1) is 13.8. The second kappa shape index (κ2) is 5.35. The molecule has 0 bridgehead atoms. The lowest BCUT2D eigenvalue weighted by Gasteiger charge is -2.18. The summed E-state index contributed by atoms with van der Waals surface area (Å²) in [6, 6.07) is 0. The summed E-state index contributed by atoms with van der Waals surface area (Å²) in [5, 5.41) is 2.73. The molecule has 1 rings (SSSR count). The van der Waals surface area contributed by atoms with E-state index in [9.17, 15) is 22.8 Å². The molecule has 0 aliphatic carbocycles. The van der Waals surface area contributed by atoms with Crippen LogP contribution in [0.2, 0.25) is 0 Å². The van der Waals surface area contributed by atoms with Crippen LogP contribution in [0.25, 0.3) is 0 Å². The number of carbonyl (C=O) groups is 2. The van der Waals surface area contributed by atoms with Crippen LogP contribution >= 0.6 is 0 Å². The maximum atomic E-state index is 12.1. The highest BCUT2D eigenvalue weighted by Crippen LogP contribution is 2.23. The fourth-order valence-corrected chi connectivity index (χ4v) is 1.76. The SMILES string of the molecule is NC(=O)CNCC1CCN(C(=O)C(F)(F)F)C1. The fraction of sp³-hybridized carbons (Fsp3) is 0.778. The van der Waals surface area contributed by atoms with Gasteiger partial charge in [-0.1, -0.05) is 0 Å². The Morgan fingerprint density at radius 2 is 2.06 bits per heavy atom. The smallest absolute Gasteiger partial charge is 0.369 e. The van der Waals surface area contributed by atoms with Gasteiger partial charge in [0.05, 0.1) is 6.54 Å². The molecule has 1 unspecified atom stereocenters. The second-order valence-electron chi connectivity index (χ2n) is 4.00. The Hall–Kier alpha value is -1.31. The maximum absolute atomic E-state index is 12.1. The highest BCUT2D eigenvalue weighted by Gasteiger charge is 2.44. The summed E-state index contributed by atoms with van der Waals surface area (Å²) in [4.78, 5) is 22.1. The number of alkyl halides is 3. The van der Waals surface area contributed by atoms with Crippen LogP contribution < -0.4 is 11.1 Å². The normalized spacial score (nSPS) is 20.6. The number of nitrogens with zero attached hydrogens (tertiary/aromatic N) is 1. The van der Waals surface area contributed by atoms with Crippen molar-refractivity contribution in [3.05, 3.63) is 0 Å². The molecule has 3 N–H and O–H groups in total. The van der Waals surface area contributed by atoms with Crippen molar-refractivity contribution in [1.82, 2.24) is 10.2 Å². The van der Waals surface area contributed by atoms with Gasteiger partial charge >= 0.3 is 12.1 Å². The highest BCUT2D eigenvalue weighted by molar-refractivity contribution is 5.82. The number of hydrogen-bond acceptors (Lipinski definition) is 3. The number of rotatable bonds is 4. The molecule has 1 aliphatic rings. The van der Waals surface area contributed by atoms with Crippen molar-refractivity contribution in [3.63, 3.8) is 0 Å². The third kappa shape index (κ3) is 4.22. The van der Waals surface area contributed by atoms with Gasteiger partial charge in [0.15, 0.2) is 0 Å². The molecule has 98 valence electrons. The number of likely N-dealkylation sites (tertiary alicyclic amines) is 1. The van der Waals surface area contributed by atoms with E-state index in [1.165, 1.54) is 0 Å². The molecule has 0 aromatic heterocycles. The van der Waals surface area contributed by atoms with E-state index in [0.29, 0.717) is 13.0 Å². The van der Waals surface area contributed by atoms with Crippen molar-refractivity contribution < 1.29 is 22.8 Å². The number of nitrogens with one attached hydrogen (secondary N) is 1. The summed E-state index contributed by atoms with van der Waals surface area (Å²) < 4.78 is 36.4. The average molecular weight is 253 g/mol. The summed E-state index contributed by atoms with van der Waals surface area (Å²) in [6.07, 6.45) is -4.32. The average Bonchev–Trinajstić information content (AvgIpc) is 2.63. The number of carbonyl (C=O) groups excluding carboxylic acids is 2. The molecule has 8 heteroatoms. The summed E-state index contributed by atoms with van der Waals surface area (Å²) in [6.45, 7) is 0.527. The van der Waals surface area contributed by atoms with Crippen LogP contribution in [0.15, 0.2) is 0 Å². The van der Waals surface area contributed by atoms with E-state index in [0.717, 1.165) is 4.90 Å². The van der Waals surface area contributed by atoms with E-state index in [2.05, 4.69) is 5.32 Å². The largest absolute Gasteiger partial charge is 0.471 e. The van der Waals surface area contributed by atoms with Gasteiger partial charge in [-0.2, -0.15) is 13.2 Å². The van der Waals surface area contributed by atoms with E-state index < -0.39 is 18.0 Å². The van der Waals surface area contributed by atoms with Crippen molar-refractivity contribution in [2.75, 3.05) is 26.2 Å². The molecule has 1 fully saturated rings. The molecule has 0 spiro atoms. The molecule has 1 atom stereocenters. The van der Waals surface area contributed by atoms with Crippen LogP contribution in [-0.2, 0) is 9.59 Å². The van der Waals surface area contributed by atoms with Crippen LogP contribution in [0.5, 0.6) is 0 Å². The minimum absolute atomic E-state index is 0.0102. The van der Waals surface area contributed by atoms with E-state index in [1.807, 2.05) is 0 Å². The van der Waals surface area contributed by atoms with Gasteiger partial charge in [0.25, 0.3) is 0 Å². The quantitative estimate of drug-likeness (QED) is 0.707. The van der Waals surface area contributed by atoms with Gasteiger partial charge in [0.2, 0.25) is 5.91 Å². The van der Waals surface area contributed by atoms with Gasteiger partial charge in [0.1, 0.15) is 0 Å². The Morgan fingerprint density at radius 1 is 1.41 bits per heavy atom. The van der Waals surface area contributed by atoms with Crippen molar-refractivity contribution in [2.45, 2.75) is 12.6 Å². The van der Waals surface area contributed by atoms with Crippen LogP contribution in [0.1, 0.15) is 6.42 Å². The van der Waals surface area contributed by atoms with Crippen molar-refractivity contribution in [2.24, 2.45) is 11.7 Å². The molecule has 1 heterocycles. The Morgan fingerprint density at radius 3 is 2.59 bits per heavy atom. The molecule has 2 amide bonds. The first-order valence-corrected chi connectivity index (χ1v) is 5.16. The van der Waals surface area contributed by atoms with Gasteiger partial charge in [0, 0.05) is 19.6 Å². The number of primary amides is 1. The minimum Gasteiger partial charge on any atom is -0.369 e. The van der Waals surface area contributed by atoms with Gasteiger partial charge in [-0.15, -0.1) is 0 Å². The zero-order chi connectivity index (χ0) is 13.1. The molecule has 0 aromatic rings. The van der Waals surface area contributed by atoms with E-state index >= 15 is 0 Å². The molecule has 0 saturated carbocycles. The van der Waals surface area contributed by atoms with Gasteiger partial charge in [-0.25, -0.2) is 0 Å². The molecular formula is C9H14F3N3O2. The maximum Gasteiger partial charge on any atom is 0.471 e.